The molecular weight excluding hydrogens is 298 g/mol. The zero-order valence-corrected chi connectivity index (χ0v) is 12.3. The van der Waals surface area contributed by atoms with Gasteiger partial charge in [-0.05, 0) is 13.3 Å². The minimum Gasteiger partial charge on any atom is -0.480 e. The van der Waals surface area contributed by atoms with Gasteiger partial charge in [0.05, 0.1) is 5.69 Å². The average Bonchev–Trinajstić information content (AvgIpc) is 2.73. The van der Waals surface area contributed by atoms with Gasteiger partial charge in [0.25, 0.3) is 5.91 Å². The third-order valence-corrected chi connectivity index (χ3v) is 3.24. The predicted octanol–water partition coefficient (Wildman–Crippen LogP) is -0.422. The second kappa shape index (κ2) is 8.17. The Bertz CT molecular complexity index is 539. The number of carbonyl (C=O) groups is 2. The largest absolute Gasteiger partial charge is 0.480 e. The van der Waals surface area contributed by atoms with Crippen molar-refractivity contribution in [1.82, 2.24) is 10.3 Å². The Morgan fingerprint density at radius 2 is 2.19 bits per heavy atom. The first-order chi connectivity index (χ1) is 9.90. The van der Waals surface area contributed by atoms with Crippen LogP contribution in [0.15, 0.2) is 4.99 Å². The van der Waals surface area contributed by atoms with Crippen LogP contribution < -0.4 is 16.8 Å². The number of hydrogen-bond donors (Lipinski definition) is 4. The van der Waals surface area contributed by atoms with Crippen LogP contribution in [0.5, 0.6) is 0 Å². The van der Waals surface area contributed by atoms with Gasteiger partial charge in [-0.25, -0.2) is 9.78 Å². The molecule has 1 amide bonds. The quantitative estimate of drug-likeness (QED) is 0.288. The fourth-order valence-corrected chi connectivity index (χ4v) is 2.24. The summed E-state index contributed by atoms with van der Waals surface area (Å²) in [5.74, 6) is -1.42. The molecule has 0 radical (unpaired) electrons. The third kappa shape index (κ3) is 6.19. The molecule has 0 aliphatic rings. The maximum atomic E-state index is 11.9. The minimum absolute atomic E-state index is 0.119. The molecule has 116 valence electrons. The number of carboxylic acids is 1. The van der Waals surface area contributed by atoms with E-state index in [0.717, 1.165) is 11.3 Å². The van der Waals surface area contributed by atoms with Crippen molar-refractivity contribution in [3.63, 3.8) is 0 Å². The number of aryl methyl sites for hydroxylation is 1. The van der Waals surface area contributed by atoms with Gasteiger partial charge < -0.3 is 26.6 Å². The van der Waals surface area contributed by atoms with Crippen LogP contribution in [0.1, 0.15) is 21.8 Å². The van der Waals surface area contributed by atoms with Crippen molar-refractivity contribution in [3.05, 3.63) is 10.6 Å². The van der Waals surface area contributed by atoms with E-state index >= 15 is 0 Å². The van der Waals surface area contributed by atoms with E-state index in [-0.39, 0.29) is 25.1 Å². The summed E-state index contributed by atoms with van der Waals surface area (Å²) in [4.78, 5) is 30.4. The summed E-state index contributed by atoms with van der Waals surface area (Å²) < 4.78 is 4.85. The second-order valence-corrected chi connectivity index (χ2v) is 4.98. The van der Waals surface area contributed by atoms with Gasteiger partial charge in [-0.2, -0.15) is 4.99 Å². The Morgan fingerprint density at radius 1 is 1.48 bits per heavy atom. The van der Waals surface area contributed by atoms with Gasteiger partial charge in [-0.1, -0.05) is 11.3 Å². The van der Waals surface area contributed by atoms with Gasteiger partial charge in [0.2, 0.25) is 5.13 Å². The predicted molar refractivity (Wildman–Crippen MR) is 77.7 cm³/mol. The van der Waals surface area contributed by atoms with E-state index in [1.807, 2.05) is 0 Å². The number of ether oxygens (including phenoxy) is 1. The molecule has 0 saturated heterocycles. The molecular formula is C11H17N5O4S. The van der Waals surface area contributed by atoms with Crippen LogP contribution in [0.25, 0.3) is 0 Å². The summed E-state index contributed by atoms with van der Waals surface area (Å²) in [6, 6.07) is 0. The van der Waals surface area contributed by atoms with Crippen LogP contribution >= 0.6 is 11.3 Å². The highest BCUT2D eigenvalue weighted by molar-refractivity contribution is 7.17. The number of thiazole rings is 1. The molecule has 9 nitrogen and oxygen atoms in total. The first-order valence-electron chi connectivity index (χ1n) is 6.05. The van der Waals surface area contributed by atoms with Gasteiger partial charge >= 0.3 is 5.97 Å². The second-order valence-electron chi connectivity index (χ2n) is 4.00. The molecule has 6 N–H and O–H groups in total. The molecule has 0 aromatic carbocycles. The molecule has 10 heteroatoms. The van der Waals surface area contributed by atoms with E-state index in [1.165, 1.54) is 0 Å². The van der Waals surface area contributed by atoms with Crippen molar-refractivity contribution in [2.24, 2.45) is 16.5 Å². The number of nitrogens with two attached hydrogens (primary N) is 2. The molecule has 0 unspecified atom stereocenters. The number of aliphatic imine (C=N–C) groups is 1. The van der Waals surface area contributed by atoms with Gasteiger partial charge in [0, 0.05) is 13.2 Å². The molecule has 0 aliphatic heterocycles. The van der Waals surface area contributed by atoms with Gasteiger partial charge in [-0.3, -0.25) is 4.79 Å². The van der Waals surface area contributed by atoms with Gasteiger partial charge in [0.1, 0.15) is 11.5 Å². The Labute approximate surface area is 125 Å². The molecule has 0 spiro atoms. The number of nitrogens with zero attached hydrogens (tertiary/aromatic N) is 2. The lowest BCUT2D eigenvalue weighted by Crippen LogP contribution is -2.25. The molecule has 1 aromatic heterocycles. The maximum Gasteiger partial charge on any atom is 0.329 e. The number of amides is 1. The number of guanidine groups is 1. The van der Waals surface area contributed by atoms with E-state index < -0.39 is 5.97 Å². The molecule has 1 aromatic rings. The molecule has 0 aliphatic carbocycles. The Balaban J connectivity index is 2.40. The molecule has 21 heavy (non-hydrogen) atoms. The maximum absolute atomic E-state index is 11.9. The number of carboxylic acid groups (broad SMARTS) is 1. The summed E-state index contributed by atoms with van der Waals surface area (Å²) in [6.45, 7) is 1.97. The van der Waals surface area contributed by atoms with Crippen molar-refractivity contribution in [2.45, 2.75) is 13.3 Å². The highest BCUT2D eigenvalue weighted by Gasteiger charge is 2.14. The van der Waals surface area contributed by atoms with E-state index in [4.69, 9.17) is 21.3 Å². The van der Waals surface area contributed by atoms with E-state index in [2.05, 4.69) is 15.3 Å². The van der Waals surface area contributed by atoms with Crippen LogP contribution in [-0.4, -0.2) is 47.7 Å². The van der Waals surface area contributed by atoms with Crippen molar-refractivity contribution in [2.75, 3.05) is 19.8 Å². The lowest BCUT2D eigenvalue weighted by Gasteiger charge is -2.04. The Morgan fingerprint density at radius 3 is 2.81 bits per heavy atom. The smallest absolute Gasteiger partial charge is 0.329 e. The molecule has 1 rings (SSSR count). The standard InChI is InChI=1S/C11H17N5O4S/c1-6-8(21-11(15-6)16-10(12)13)9(19)14-3-2-4-20-5-7(17)18/h2-5H2,1H3,(H,14,19)(H,17,18)(H4,12,13,15,16). The van der Waals surface area contributed by atoms with Crippen LogP contribution in [0.4, 0.5) is 5.13 Å². The summed E-state index contributed by atoms with van der Waals surface area (Å²) in [7, 11) is 0. The molecule has 1 heterocycles. The highest BCUT2D eigenvalue weighted by atomic mass is 32.1. The van der Waals surface area contributed by atoms with Crippen molar-refractivity contribution in [3.8, 4) is 0 Å². The minimum atomic E-state index is -1.02. The SMILES string of the molecule is Cc1nc(N=C(N)N)sc1C(=O)NCCCOCC(=O)O. The fourth-order valence-electron chi connectivity index (χ4n) is 1.37. The van der Waals surface area contributed by atoms with Crippen LogP contribution in [0.3, 0.4) is 0 Å². The summed E-state index contributed by atoms with van der Waals surface area (Å²) >= 11 is 1.09. The van der Waals surface area contributed by atoms with E-state index in [0.29, 0.717) is 28.7 Å². The number of aromatic nitrogens is 1. The summed E-state index contributed by atoms with van der Waals surface area (Å²) in [5, 5.41) is 11.4. The topological polar surface area (TPSA) is 153 Å². The normalized spacial score (nSPS) is 10.1. The van der Waals surface area contributed by atoms with Gasteiger partial charge in [0.15, 0.2) is 5.96 Å². The number of aliphatic carboxylic acids is 1. The Kier molecular flexibility index (Phi) is 6.56. The summed E-state index contributed by atoms with van der Waals surface area (Å²) in [5.41, 5.74) is 11.0. The van der Waals surface area contributed by atoms with Crippen LogP contribution in [0, 0.1) is 6.92 Å². The highest BCUT2D eigenvalue weighted by Crippen LogP contribution is 2.24. The number of hydrogen-bond acceptors (Lipinski definition) is 6. The molecule has 0 bridgehead atoms. The fraction of sp³-hybridized carbons (Fsp3) is 0.455. The first-order valence-corrected chi connectivity index (χ1v) is 6.86. The third-order valence-electron chi connectivity index (χ3n) is 2.19. The van der Waals surface area contributed by atoms with Gasteiger partial charge in [-0.15, -0.1) is 0 Å². The molecule has 0 saturated carbocycles. The molecule has 0 fully saturated rings. The van der Waals surface area contributed by atoms with Crippen LogP contribution in [-0.2, 0) is 9.53 Å². The summed E-state index contributed by atoms with van der Waals surface area (Å²) in [6.07, 6.45) is 0.512. The number of carbonyl (C=O) groups excluding carboxylic acids is 1. The van der Waals surface area contributed by atoms with E-state index in [1.54, 1.807) is 6.92 Å². The molecule has 0 atom stereocenters. The lowest BCUT2D eigenvalue weighted by atomic mass is 10.3. The zero-order chi connectivity index (χ0) is 15.8. The number of rotatable bonds is 8. The zero-order valence-electron chi connectivity index (χ0n) is 11.5. The lowest BCUT2D eigenvalue weighted by molar-refractivity contribution is -0.142. The van der Waals surface area contributed by atoms with Crippen LogP contribution in [0.2, 0.25) is 0 Å². The van der Waals surface area contributed by atoms with Crippen molar-refractivity contribution >= 4 is 34.3 Å². The monoisotopic (exact) mass is 315 g/mol. The average molecular weight is 315 g/mol. The van der Waals surface area contributed by atoms with Crippen molar-refractivity contribution < 1.29 is 19.4 Å². The first kappa shape index (κ1) is 16.9. The Hall–Kier alpha value is -2.20. The number of nitrogens with one attached hydrogen (secondary N) is 1. The van der Waals surface area contributed by atoms with E-state index in [9.17, 15) is 9.59 Å². The van der Waals surface area contributed by atoms with Crippen molar-refractivity contribution in [1.29, 1.82) is 0 Å².